The molecule has 1 saturated heterocycles. The maximum atomic E-state index is 13.7. The Morgan fingerprint density at radius 1 is 1.48 bits per heavy atom. The van der Waals surface area contributed by atoms with Crippen LogP contribution in [0.25, 0.3) is 0 Å². The van der Waals surface area contributed by atoms with E-state index >= 15 is 0 Å². The fourth-order valence-corrected chi connectivity index (χ4v) is 3.63. The number of aryl methyl sites for hydroxylation is 1. The van der Waals surface area contributed by atoms with E-state index in [-0.39, 0.29) is 11.9 Å². The Morgan fingerprint density at radius 3 is 3.13 bits per heavy atom. The van der Waals surface area contributed by atoms with Crippen LogP contribution >= 0.6 is 11.3 Å². The summed E-state index contributed by atoms with van der Waals surface area (Å²) in [4.78, 5) is 15.3. The molecule has 23 heavy (non-hydrogen) atoms. The van der Waals surface area contributed by atoms with E-state index in [0.717, 1.165) is 6.54 Å². The SMILES string of the molecule is O=C(CCn1cccn1)NC[C@@H]1C[C@H](F)CN1Cc1cccs1. The van der Waals surface area contributed by atoms with Crippen molar-refractivity contribution in [2.45, 2.75) is 38.1 Å². The molecule has 3 rings (SSSR count). The molecular formula is C16H21FN4OS. The second-order valence-electron chi connectivity index (χ2n) is 5.82. The summed E-state index contributed by atoms with van der Waals surface area (Å²) in [6.07, 6.45) is 3.60. The topological polar surface area (TPSA) is 50.2 Å². The lowest BCUT2D eigenvalue weighted by Crippen LogP contribution is -2.39. The van der Waals surface area contributed by atoms with Gasteiger partial charge >= 0.3 is 0 Å². The first-order valence-electron chi connectivity index (χ1n) is 7.85. The fraction of sp³-hybridized carbons (Fsp3) is 0.500. The van der Waals surface area contributed by atoms with Gasteiger partial charge in [0.2, 0.25) is 5.91 Å². The Hall–Kier alpha value is -1.73. The minimum absolute atomic E-state index is 0.0149. The normalized spacial score (nSPS) is 21.6. The highest BCUT2D eigenvalue weighted by atomic mass is 32.1. The lowest BCUT2D eigenvalue weighted by Gasteiger charge is -2.23. The predicted octanol–water partition coefficient (Wildman–Crippen LogP) is 2.06. The van der Waals surface area contributed by atoms with Gasteiger partial charge in [-0.3, -0.25) is 14.4 Å². The summed E-state index contributed by atoms with van der Waals surface area (Å²) in [5, 5.41) is 9.03. The Morgan fingerprint density at radius 2 is 2.39 bits per heavy atom. The molecule has 7 heteroatoms. The highest BCUT2D eigenvalue weighted by Crippen LogP contribution is 2.23. The minimum Gasteiger partial charge on any atom is -0.354 e. The number of hydrogen-bond donors (Lipinski definition) is 1. The van der Waals surface area contributed by atoms with E-state index in [4.69, 9.17) is 0 Å². The van der Waals surface area contributed by atoms with Gasteiger partial charge in [-0.05, 0) is 23.9 Å². The maximum absolute atomic E-state index is 13.7. The number of amides is 1. The number of alkyl halides is 1. The summed E-state index contributed by atoms with van der Waals surface area (Å²) in [5.74, 6) is -0.0149. The van der Waals surface area contributed by atoms with E-state index in [1.165, 1.54) is 4.88 Å². The number of nitrogens with one attached hydrogen (secondary N) is 1. The number of thiophene rings is 1. The molecule has 2 aromatic rings. The highest BCUT2D eigenvalue weighted by molar-refractivity contribution is 7.09. The smallest absolute Gasteiger partial charge is 0.221 e. The molecule has 0 saturated carbocycles. The van der Waals surface area contributed by atoms with E-state index in [1.807, 2.05) is 23.7 Å². The second-order valence-corrected chi connectivity index (χ2v) is 6.85. The van der Waals surface area contributed by atoms with Crippen molar-refractivity contribution >= 4 is 17.2 Å². The molecule has 1 aliphatic heterocycles. The van der Waals surface area contributed by atoms with Crippen LogP contribution in [-0.2, 0) is 17.9 Å². The van der Waals surface area contributed by atoms with E-state index in [2.05, 4.69) is 21.4 Å². The van der Waals surface area contributed by atoms with Gasteiger partial charge in [0.05, 0.1) is 0 Å². The lowest BCUT2D eigenvalue weighted by atomic mass is 10.2. The van der Waals surface area contributed by atoms with Crippen LogP contribution in [0.15, 0.2) is 36.0 Å². The van der Waals surface area contributed by atoms with E-state index < -0.39 is 6.17 Å². The number of likely N-dealkylation sites (tertiary alicyclic amines) is 1. The van der Waals surface area contributed by atoms with Gasteiger partial charge in [0.1, 0.15) is 6.17 Å². The molecule has 0 aromatic carbocycles. The number of aromatic nitrogens is 2. The molecule has 1 N–H and O–H groups in total. The largest absolute Gasteiger partial charge is 0.354 e. The zero-order chi connectivity index (χ0) is 16.1. The van der Waals surface area contributed by atoms with Crippen LogP contribution in [-0.4, -0.2) is 45.9 Å². The monoisotopic (exact) mass is 336 g/mol. The van der Waals surface area contributed by atoms with Crippen molar-refractivity contribution in [3.05, 3.63) is 40.8 Å². The number of rotatable bonds is 7. The number of carbonyl (C=O) groups excluding carboxylic acids is 1. The van der Waals surface area contributed by atoms with Crippen LogP contribution in [0, 0.1) is 0 Å². The van der Waals surface area contributed by atoms with E-state index in [0.29, 0.717) is 32.5 Å². The molecule has 0 bridgehead atoms. The quantitative estimate of drug-likeness (QED) is 0.842. The van der Waals surface area contributed by atoms with Crippen LogP contribution in [0.3, 0.4) is 0 Å². The molecule has 0 radical (unpaired) electrons. The number of halogens is 1. The average molecular weight is 336 g/mol. The molecular weight excluding hydrogens is 315 g/mol. The molecule has 2 atom stereocenters. The van der Waals surface area contributed by atoms with E-state index in [9.17, 15) is 9.18 Å². The molecule has 1 amide bonds. The fourth-order valence-electron chi connectivity index (χ4n) is 2.90. The molecule has 3 heterocycles. The van der Waals surface area contributed by atoms with Crippen molar-refractivity contribution in [3.8, 4) is 0 Å². The zero-order valence-corrected chi connectivity index (χ0v) is 13.7. The van der Waals surface area contributed by atoms with Gasteiger partial charge in [0.15, 0.2) is 0 Å². The van der Waals surface area contributed by atoms with Crippen molar-refractivity contribution in [3.63, 3.8) is 0 Å². The molecule has 0 aliphatic carbocycles. The molecule has 1 fully saturated rings. The van der Waals surface area contributed by atoms with Crippen molar-refractivity contribution in [1.82, 2.24) is 20.0 Å². The van der Waals surface area contributed by atoms with Gasteiger partial charge in [0.25, 0.3) is 0 Å². The van der Waals surface area contributed by atoms with Gasteiger partial charge in [-0.1, -0.05) is 6.07 Å². The van der Waals surface area contributed by atoms with E-state index in [1.54, 1.807) is 22.2 Å². The first-order valence-corrected chi connectivity index (χ1v) is 8.73. The Kier molecular flexibility index (Phi) is 5.40. The first-order chi connectivity index (χ1) is 11.2. The van der Waals surface area contributed by atoms with Gasteiger partial charge in [-0.25, -0.2) is 4.39 Å². The highest BCUT2D eigenvalue weighted by Gasteiger charge is 2.32. The zero-order valence-electron chi connectivity index (χ0n) is 12.9. The van der Waals surface area contributed by atoms with Crippen LogP contribution < -0.4 is 5.32 Å². The molecule has 124 valence electrons. The molecule has 0 spiro atoms. The third-order valence-electron chi connectivity index (χ3n) is 4.08. The number of nitrogens with zero attached hydrogens (tertiary/aromatic N) is 3. The van der Waals surface area contributed by atoms with Crippen LogP contribution in [0.2, 0.25) is 0 Å². The minimum atomic E-state index is -0.805. The van der Waals surface area contributed by atoms with Gasteiger partial charge < -0.3 is 5.32 Å². The molecule has 2 aromatic heterocycles. The van der Waals surface area contributed by atoms with Crippen LogP contribution in [0.5, 0.6) is 0 Å². The Bertz CT molecular complexity index is 602. The second kappa shape index (κ2) is 7.70. The van der Waals surface area contributed by atoms with Gasteiger partial charge in [0, 0.05) is 55.9 Å². The summed E-state index contributed by atoms with van der Waals surface area (Å²) >= 11 is 1.68. The average Bonchev–Trinajstić information content (AvgIpc) is 3.26. The van der Waals surface area contributed by atoms with Crippen molar-refractivity contribution in [1.29, 1.82) is 0 Å². The van der Waals surface area contributed by atoms with Crippen LogP contribution in [0.1, 0.15) is 17.7 Å². The summed E-state index contributed by atoms with van der Waals surface area (Å²) in [7, 11) is 0. The molecule has 5 nitrogen and oxygen atoms in total. The predicted molar refractivity (Wildman–Crippen MR) is 87.9 cm³/mol. The van der Waals surface area contributed by atoms with Gasteiger partial charge in [-0.2, -0.15) is 5.10 Å². The maximum Gasteiger partial charge on any atom is 0.221 e. The summed E-state index contributed by atoms with van der Waals surface area (Å²) in [6.45, 7) is 2.27. The summed E-state index contributed by atoms with van der Waals surface area (Å²) in [5.41, 5.74) is 0. The van der Waals surface area contributed by atoms with Crippen molar-refractivity contribution in [2.75, 3.05) is 13.1 Å². The third kappa shape index (κ3) is 4.62. The Balaban J connectivity index is 1.44. The molecule has 1 aliphatic rings. The van der Waals surface area contributed by atoms with Crippen molar-refractivity contribution < 1.29 is 9.18 Å². The summed E-state index contributed by atoms with van der Waals surface area (Å²) < 4.78 is 15.5. The lowest BCUT2D eigenvalue weighted by molar-refractivity contribution is -0.121. The molecule has 0 unspecified atom stereocenters. The third-order valence-corrected chi connectivity index (χ3v) is 4.94. The standard InChI is InChI=1S/C16H21FN4OS/c17-13-9-14(20(11-13)12-15-3-1-8-23-15)10-18-16(22)4-7-21-6-2-5-19-21/h1-3,5-6,8,13-14H,4,7,9-12H2,(H,18,22)/t13-,14-/m0/s1. The van der Waals surface area contributed by atoms with Crippen LogP contribution in [0.4, 0.5) is 4.39 Å². The Labute approximate surface area is 139 Å². The number of hydrogen-bond acceptors (Lipinski definition) is 4. The summed E-state index contributed by atoms with van der Waals surface area (Å²) in [6, 6.07) is 5.98. The van der Waals surface area contributed by atoms with Crippen molar-refractivity contribution in [2.24, 2.45) is 0 Å². The van der Waals surface area contributed by atoms with Gasteiger partial charge in [-0.15, -0.1) is 11.3 Å². The number of carbonyl (C=O) groups is 1. The first kappa shape index (κ1) is 16.1.